The summed E-state index contributed by atoms with van der Waals surface area (Å²) in [6.07, 6.45) is -8.74. The molecule has 0 aliphatic heterocycles. The fourth-order valence-corrected chi connectivity index (χ4v) is 6.70. The molecule has 0 amide bonds. The van der Waals surface area contributed by atoms with E-state index in [4.69, 9.17) is 0 Å². The first-order valence-electron chi connectivity index (χ1n) is 8.42. The van der Waals surface area contributed by atoms with Crippen molar-refractivity contribution in [3.63, 3.8) is 0 Å². The lowest BCUT2D eigenvalue weighted by atomic mass is 10.00. The summed E-state index contributed by atoms with van der Waals surface area (Å²) in [6.45, 7) is 0. The Hall–Kier alpha value is -1.03. The third kappa shape index (κ3) is 5.23. The average molecular weight is 572 g/mol. The van der Waals surface area contributed by atoms with Crippen molar-refractivity contribution in [1.29, 1.82) is 0 Å². The van der Waals surface area contributed by atoms with E-state index in [0.29, 0.717) is 0 Å². The van der Waals surface area contributed by atoms with E-state index in [9.17, 15) is 39.5 Å². The molecule has 0 aliphatic carbocycles. The quantitative estimate of drug-likeness (QED) is 0.142. The number of benzene rings is 2. The smallest absolute Gasteiger partial charge is 0.200 e. The van der Waals surface area contributed by atoms with Crippen LogP contribution in [0, 0.1) is 0 Å². The highest BCUT2D eigenvalue weighted by Gasteiger charge is 2.81. The molecule has 0 nitrogen and oxygen atoms in total. The molecule has 0 fully saturated rings. The van der Waals surface area contributed by atoms with Gasteiger partial charge in [0.2, 0.25) is 0 Å². The van der Waals surface area contributed by atoms with E-state index >= 15 is 0 Å². The predicted octanol–water partition coefficient (Wildman–Crippen LogP) is 6.78. The van der Waals surface area contributed by atoms with Crippen molar-refractivity contribution in [3.8, 4) is 0 Å². The van der Waals surface area contributed by atoms with Gasteiger partial charge < -0.3 is 0 Å². The van der Waals surface area contributed by atoms with Crippen molar-refractivity contribution >= 4 is 41.1 Å². The van der Waals surface area contributed by atoms with Crippen molar-refractivity contribution in [2.24, 2.45) is 0 Å². The molecule has 1 atom stereocenters. The summed E-state index contributed by atoms with van der Waals surface area (Å²) >= 11 is 1.40. The topological polar surface area (TPSA) is 0 Å². The monoisotopic (exact) mass is 572 g/mol. The van der Waals surface area contributed by atoms with Gasteiger partial charge in [-0.3, -0.25) is 0 Å². The Bertz CT molecular complexity index is 770. The lowest BCUT2D eigenvalue weighted by Crippen LogP contribution is -2.61. The van der Waals surface area contributed by atoms with Gasteiger partial charge in [-0.25, -0.2) is 0 Å². The molecule has 2 aromatic rings. The van der Waals surface area contributed by atoms with Crippen LogP contribution in [-0.2, 0) is 0 Å². The van der Waals surface area contributed by atoms with Crippen molar-refractivity contribution in [2.45, 2.75) is 34.3 Å². The molecule has 0 saturated carbocycles. The standard InChI is InChI=1S/C19H15F9IP/c20-16(21,17(22,23)18(24,25)19(26,27)28)11-13(29)12-30(14-7-3-1-4-8-14)15-9-5-2-6-10-15/h1-10,13H,11-12H2. The third-order valence-electron chi connectivity index (χ3n) is 4.20. The minimum Gasteiger partial charge on any atom is -0.200 e. The SMILES string of the molecule is FC(F)(F)C(F)(F)C(F)(F)C(F)(F)CC(I)CP(c1ccccc1)c1ccccc1. The Labute approximate surface area is 181 Å². The van der Waals surface area contributed by atoms with Crippen LogP contribution in [0.25, 0.3) is 0 Å². The zero-order valence-electron chi connectivity index (χ0n) is 15.0. The summed E-state index contributed by atoms with van der Waals surface area (Å²) in [5, 5.41) is 1.46. The second kappa shape index (κ2) is 9.22. The van der Waals surface area contributed by atoms with Crippen molar-refractivity contribution in [2.75, 3.05) is 6.16 Å². The van der Waals surface area contributed by atoms with Crippen LogP contribution >= 0.6 is 30.5 Å². The molecular formula is C19H15F9IP. The lowest BCUT2D eigenvalue weighted by molar-refractivity contribution is -0.396. The van der Waals surface area contributed by atoms with Gasteiger partial charge in [-0.1, -0.05) is 83.3 Å². The number of hydrogen-bond acceptors (Lipinski definition) is 0. The van der Waals surface area contributed by atoms with Crippen LogP contribution in [0.4, 0.5) is 39.5 Å². The van der Waals surface area contributed by atoms with Gasteiger partial charge in [-0.2, -0.15) is 39.5 Å². The van der Waals surface area contributed by atoms with Crippen LogP contribution in [0.1, 0.15) is 6.42 Å². The fraction of sp³-hybridized carbons (Fsp3) is 0.368. The van der Waals surface area contributed by atoms with E-state index < -0.39 is 42.2 Å². The van der Waals surface area contributed by atoms with Gasteiger partial charge in [0, 0.05) is 10.3 Å². The minimum absolute atomic E-state index is 0.104. The summed E-state index contributed by atoms with van der Waals surface area (Å²) in [6, 6.07) is 17.1. The predicted molar refractivity (Wildman–Crippen MR) is 107 cm³/mol. The molecule has 0 saturated heterocycles. The molecule has 0 heterocycles. The molecule has 0 bridgehead atoms. The van der Waals surface area contributed by atoms with Gasteiger partial charge in [-0.05, 0) is 24.7 Å². The molecule has 2 aromatic carbocycles. The van der Waals surface area contributed by atoms with Crippen LogP contribution in [-0.4, -0.2) is 34.0 Å². The van der Waals surface area contributed by atoms with Crippen molar-refractivity contribution in [1.82, 2.24) is 0 Å². The van der Waals surface area contributed by atoms with Crippen molar-refractivity contribution in [3.05, 3.63) is 60.7 Å². The van der Waals surface area contributed by atoms with E-state index in [-0.39, 0.29) is 6.16 Å². The average Bonchev–Trinajstić information content (AvgIpc) is 2.66. The number of hydrogen-bond donors (Lipinski definition) is 0. The van der Waals surface area contributed by atoms with Gasteiger partial charge in [0.15, 0.2) is 0 Å². The maximum atomic E-state index is 14.0. The highest BCUT2D eigenvalue weighted by atomic mass is 127. The second-order valence-corrected chi connectivity index (χ2v) is 10.4. The van der Waals surface area contributed by atoms with Crippen LogP contribution in [0.2, 0.25) is 0 Å². The first-order valence-corrected chi connectivity index (χ1v) is 11.2. The third-order valence-corrected chi connectivity index (χ3v) is 8.43. The minimum atomic E-state index is -6.86. The van der Waals surface area contributed by atoms with Crippen LogP contribution in [0.5, 0.6) is 0 Å². The van der Waals surface area contributed by atoms with Gasteiger partial charge >= 0.3 is 23.9 Å². The van der Waals surface area contributed by atoms with Crippen molar-refractivity contribution < 1.29 is 39.5 Å². The highest BCUT2D eigenvalue weighted by Crippen LogP contribution is 2.55. The molecular weight excluding hydrogens is 557 g/mol. The Morgan fingerprint density at radius 3 is 1.43 bits per heavy atom. The lowest BCUT2D eigenvalue weighted by Gasteiger charge is -2.35. The number of alkyl halides is 10. The Kier molecular flexibility index (Phi) is 7.76. The normalized spacial score (nSPS) is 14.8. The first-order chi connectivity index (χ1) is 13.7. The summed E-state index contributed by atoms with van der Waals surface area (Å²) in [5.74, 6) is -19.0. The second-order valence-electron chi connectivity index (χ2n) is 6.43. The molecule has 0 N–H and O–H groups in total. The Morgan fingerprint density at radius 2 is 1.07 bits per heavy atom. The molecule has 2 rings (SSSR count). The van der Waals surface area contributed by atoms with Gasteiger partial charge in [0.1, 0.15) is 0 Å². The number of rotatable bonds is 8. The van der Waals surface area contributed by atoms with E-state index in [1.165, 1.54) is 22.6 Å². The summed E-state index contributed by atoms with van der Waals surface area (Å²) in [4.78, 5) is 0. The molecule has 0 aliphatic rings. The van der Waals surface area contributed by atoms with E-state index in [1.807, 2.05) is 0 Å². The molecule has 0 aromatic heterocycles. The van der Waals surface area contributed by atoms with Gasteiger partial charge in [0.25, 0.3) is 0 Å². The highest BCUT2D eigenvalue weighted by molar-refractivity contribution is 14.1. The Morgan fingerprint density at radius 1 is 0.667 bits per heavy atom. The van der Waals surface area contributed by atoms with E-state index in [2.05, 4.69) is 0 Å². The summed E-state index contributed by atoms with van der Waals surface area (Å²) < 4.78 is 117. The summed E-state index contributed by atoms with van der Waals surface area (Å²) in [5.41, 5.74) is 0. The molecule has 1 unspecified atom stereocenters. The molecule has 0 spiro atoms. The van der Waals surface area contributed by atoms with E-state index in [1.54, 1.807) is 60.7 Å². The zero-order chi connectivity index (χ0) is 22.8. The Balaban J connectivity index is 2.27. The zero-order valence-corrected chi connectivity index (χ0v) is 18.0. The fourth-order valence-electron chi connectivity index (χ4n) is 2.65. The maximum Gasteiger partial charge on any atom is 0.460 e. The summed E-state index contributed by atoms with van der Waals surface area (Å²) in [7, 11) is -1.33. The van der Waals surface area contributed by atoms with Crippen LogP contribution in [0.3, 0.4) is 0 Å². The van der Waals surface area contributed by atoms with Gasteiger partial charge in [0.05, 0.1) is 0 Å². The molecule has 0 radical (unpaired) electrons. The van der Waals surface area contributed by atoms with Crippen LogP contribution in [0.15, 0.2) is 60.7 Å². The molecule has 11 heteroatoms. The first kappa shape index (κ1) is 25.2. The van der Waals surface area contributed by atoms with Crippen LogP contribution < -0.4 is 10.6 Å². The molecule has 30 heavy (non-hydrogen) atoms. The number of halogens is 10. The molecule has 166 valence electrons. The largest absolute Gasteiger partial charge is 0.460 e. The van der Waals surface area contributed by atoms with E-state index in [0.717, 1.165) is 10.6 Å². The van der Waals surface area contributed by atoms with Gasteiger partial charge in [-0.15, -0.1) is 0 Å². The maximum absolute atomic E-state index is 14.0.